The number of nitrogens with zero attached hydrogens (tertiary/aromatic N) is 1. The van der Waals surface area contributed by atoms with Gasteiger partial charge in [0, 0.05) is 32.4 Å². The highest BCUT2D eigenvalue weighted by Gasteiger charge is 2.34. The van der Waals surface area contributed by atoms with Crippen LogP contribution in [-0.4, -0.2) is 36.1 Å². The summed E-state index contributed by atoms with van der Waals surface area (Å²) in [6, 6.07) is 14.2. The van der Waals surface area contributed by atoms with Crippen LogP contribution >= 0.6 is 0 Å². The van der Waals surface area contributed by atoms with Gasteiger partial charge in [-0.2, -0.15) is 0 Å². The number of aryl methyl sites for hydroxylation is 2. The highest BCUT2D eigenvalue weighted by atomic mass is 16.5. The first-order valence-corrected chi connectivity index (χ1v) is 9.37. The Balaban J connectivity index is 1.32. The number of carbonyl (C=O) groups excluding carboxylic acids is 1. The molecule has 2 heterocycles. The zero-order chi connectivity index (χ0) is 18.1. The smallest absolute Gasteiger partial charge is 0.263 e. The lowest BCUT2D eigenvalue weighted by molar-refractivity contribution is -0.139. The number of ether oxygens (including phenoxy) is 2. The number of benzene rings is 2. The van der Waals surface area contributed by atoms with E-state index in [0.717, 1.165) is 48.6 Å². The molecule has 2 aromatic rings. The summed E-state index contributed by atoms with van der Waals surface area (Å²) < 4.78 is 12.1. The average Bonchev–Trinajstić information content (AvgIpc) is 3.09. The lowest BCUT2D eigenvalue weighted by atomic mass is 10.0. The molecule has 1 amide bonds. The van der Waals surface area contributed by atoms with E-state index < -0.39 is 0 Å². The minimum absolute atomic E-state index is 0.103. The summed E-state index contributed by atoms with van der Waals surface area (Å²) in [7, 11) is 0. The van der Waals surface area contributed by atoms with E-state index in [-0.39, 0.29) is 18.1 Å². The van der Waals surface area contributed by atoms with E-state index in [2.05, 4.69) is 32.0 Å². The molecule has 2 aromatic carbocycles. The Morgan fingerprint density at radius 3 is 2.65 bits per heavy atom. The fourth-order valence-electron chi connectivity index (χ4n) is 3.73. The molecule has 26 heavy (non-hydrogen) atoms. The lowest BCUT2D eigenvalue weighted by Crippen LogP contribution is -2.47. The van der Waals surface area contributed by atoms with Crippen LogP contribution in [0.4, 0.5) is 0 Å². The zero-order valence-electron chi connectivity index (χ0n) is 15.4. The summed E-state index contributed by atoms with van der Waals surface area (Å²) in [6.45, 7) is 5.60. The second-order valence-electron chi connectivity index (χ2n) is 7.33. The number of fused-ring (bicyclic) bond motifs is 1. The van der Waals surface area contributed by atoms with Gasteiger partial charge < -0.3 is 14.4 Å². The van der Waals surface area contributed by atoms with Gasteiger partial charge in [-0.25, -0.2) is 0 Å². The first-order chi connectivity index (χ1) is 12.6. The van der Waals surface area contributed by atoms with Crippen molar-refractivity contribution in [1.29, 1.82) is 0 Å². The molecule has 0 saturated carbocycles. The van der Waals surface area contributed by atoms with E-state index >= 15 is 0 Å². The predicted octanol–water partition coefficient (Wildman–Crippen LogP) is 3.68. The SMILES string of the molecule is Cc1ccc(C)c(OC2CCN(C(=O)C3Cc4ccccc4O3)CC2)c1. The average molecular weight is 351 g/mol. The lowest BCUT2D eigenvalue weighted by Gasteiger charge is -2.33. The van der Waals surface area contributed by atoms with E-state index in [4.69, 9.17) is 9.47 Å². The number of para-hydroxylation sites is 1. The van der Waals surface area contributed by atoms with E-state index in [1.807, 2.05) is 29.2 Å². The van der Waals surface area contributed by atoms with Crippen LogP contribution in [0.5, 0.6) is 11.5 Å². The van der Waals surface area contributed by atoms with Gasteiger partial charge in [0.1, 0.15) is 17.6 Å². The first kappa shape index (κ1) is 17.0. The van der Waals surface area contributed by atoms with E-state index in [1.54, 1.807) is 0 Å². The second-order valence-corrected chi connectivity index (χ2v) is 7.33. The van der Waals surface area contributed by atoms with Gasteiger partial charge >= 0.3 is 0 Å². The van der Waals surface area contributed by atoms with Crippen LogP contribution in [0.25, 0.3) is 0 Å². The maximum absolute atomic E-state index is 12.8. The molecule has 0 radical (unpaired) electrons. The van der Waals surface area contributed by atoms with Crippen molar-refractivity contribution in [2.24, 2.45) is 0 Å². The quantitative estimate of drug-likeness (QED) is 0.847. The molecule has 1 saturated heterocycles. The number of rotatable bonds is 3. The summed E-state index contributed by atoms with van der Waals surface area (Å²) in [5, 5.41) is 0. The van der Waals surface area contributed by atoms with Crippen molar-refractivity contribution in [2.75, 3.05) is 13.1 Å². The van der Waals surface area contributed by atoms with Crippen LogP contribution in [0.3, 0.4) is 0 Å². The number of amides is 1. The van der Waals surface area contributed by atoms with E-state index in [0.29, 0.717) is 6.42 Å². The summed E-state index contributed by atoms with van der Waals surface area (Å²) in [5.74, 6) is 1.91. The summed E-state index contributed by atoms with van der Waals surface area (Å²) in [4.78, 5) is 14.7. The van der Waals surface area contributed by atoms with Gasteiger partial charge in [-0.1, -0.05) is 30.3 Å². The fraction of sp³-hybridized carbons (Fsp3) is 0.409. The molecule has 1 unspecified atom stereocenters. The third kappa shape index (κ3) is 3.41. The van der Waals surface area contributed by atoms with Gasteiger partial charge in [0.05, 0.1) is 0 Å². The van der Waals surface area contributed by atoms with Crippen LogP contribution in [0.2, 0.25) is 0 Å². The van der Waals surface area contributed by atoms with Crippen LogP contribution in [0, 0.1) is 13.8 Å². The maximum Gasteiger partial charge on any atom is 0.263 e. The van der Waals surface area contributed by atoms with Crippen molar-refractivity contribution in [1.82, 2.24) is 4.90 Å². The third-order valence-corrected chi connectivity index (χ3v) is 5.31. The molecule has 1 atom stereocenters. The van der Waals surface area contributed by atoms with E-state index in [9.17, 15) is 4.79 Å². The van der Waals surface area contributed by atoms with Crippen molar-refractivity contribution in [3.05, 3.63) is 59.2 Å². The molecule has 4 nitrogen and oxygen atoms in total. The first-order valence-electron chi connectivity index (χ1n) is 9.37. The molecule has 4 rings (SSSR count). The van der Waals surface area contributed by atoms with Gasteiger partial charge in [0.15, 0.2) is 6.10 Å². The number of piperidine rings is 1. The molecule has 0 spiro atoms. The molecular weight excluding hydrogens is 326 g/mol. The molecule has 0 aromatic heterocycles. The van der Waals surface area contributed by atoms with Crippen LogP contribution in [-0.2, 0) is 11.2 Å². The standard InChI is InChI=1S/C22H25NO3/c1-15-7-8-16(2)20(13-15)25-18-9-11-23(12-10-18)22(24)21-14-17-5-3-4-6-19(17)26-21/h3-8,13,18,21H,9-12,14H2,1-2H3. The molecule has 0 aliphatic carbocycles. The van der Waals surface area contributed by atoms with Crippen molar-refractivity contribution < 1.29 is 14.3 Å². The van der Waals surface area contributed by atoms with Crippen LogP contribution in [0.1, 0.15) is 29.5 Å². The summed E-state index contributed by atoms with van der Waals surface area (Å²) >= 11 is 0. The summed E-state index contributed by atoms with van der Waals surface area (Å²) in [5.41, 5.74) is 3.49. The van der Waals surface area contributed by atoms with Crippen molar-refractivity contribution in [2.45, 2.75) is 45.3 Å². The Morgan fingerprint density at radius 2 is 1.88 bits per heavy atom. The van der Waals surface area contributed by atoms with Gasteiger partial charge in [-0.15, -0.1) is 0 Å². The van der Waals surface area contributed by atoms with E-state index in [1.165, 1.54) is 5.56 Å². The predicted molar refractivity (Wildman–Crippen MR) is 101 cm³/mol. The minimum atomic E-state index is -0.371. The van der Waals surface area contributed by atoms with Crippen LogP contribution in [0.15, 0.2) is 42.5 Å². The monoisotopic (exact) mass is 351 g/mol. The van der Waals surface area contributed by atoms with Crippen LogP contribution < -0.4 is 9.47 Å². The molecule has 0 bridgehead atoms. The fourth-order valence-corrected chi connectivity index (χ4v) is 3.73. The molecule has 2 aliphatic rings. The Kier molecular flexibility index (Phi) is 4.58. The molecule has 136 valence electrons. The van der Waals surface area contributed by atoms with Crippen molar-refractivity contribution in [3.8, 4) is 11.5 Å². The highest BCUT2D eigenvalue weighted by Crippen LogP contribution is 2.30. The Morgan fingerprint density at radius 1 is 1.12 bits per heavy atom. The maximum atomic E-state index is 12.8. The Labute approximate surface area is 154 Å². The minimum Gasteiger partial charge on any atom is -0.490 e. The highest BCUT2D eigenvalue weighted by molar-refractivity contribution is 5.82. The van der Waals surface area contributed by atoms with Gasteiger partial charge in [0.25, 0.3) is 5.91 Å². The molecule has 1 fully saturated rings. The molecule has 4 heteroatoms. The second kappa shape index (κ2) is 7.02. The Hall–Kier alpha value is -2.49. The van der Waals surface area contributed by atoms with Gasteiger partial charge in [-0.05, 0) is 42.7 Å². The molecule has 0 N–H and O–H groups in total. The van der Waals surface area contributed by atoms with Gasteiger partial charge in [-0.3, -0.25) is 4.79 Å². The topological polar surface area (TPSA) is 38.8 Å². The molecular formula is C22H25NO3. The third-order valence-electron chi connectivity index (χ3n) is 5.31. The Bertz CT molecular complexity index is 784. The summed E-state index contributed by atoms with van der Waals surface area (Å²) in [6.07, 6.45) is 2.19. The number of carbonyl (C=O) groups is 1. The van der Waals surface area contributed by atoms with Crippen molar-refractivity contribution in [3.63, 3.8) is 0 Å². The number of hydrogen-bond donors (Lipinski definition) is 0. The zero-order valence-corrected chi connectivity index (χ0v) is 15.4. The largest absolute Gasteiger partial charge is 0.490 e. The number of likely N-dealkylation sites (tertiary alicyclic amines) is 1. The normalized spacial score (nSPS) is 19.8. The van der Waals surface area contributed by atoms with Crippen molar-refractivity contribution >= 4 is 5.91 Å². The van der Waals surface area contributed by atoms with Gasteiger partial charge in [0.2, 0.25) is 0 Å². The number of hydrogen-bond acceptors (Lipinski definition) is 3. The molecule has 2 aliphatic heterocycles.